The van der Waals surface area contributed by atoms with Gasteiger partial charge in [0.15, 0.2) is 5.82 Å². The third-order valence-electron chi connectivity index (χ3n) is 2.69. The van der Waals surface area contributed by atoms with Crippen LogP contribution in [0.1, 0.15) is 5.56 Å². The summed E-state index contributed by atoms with van der Waals surface area (Å²) in [5, 5.41) is 5.64. The summed E-state index contributed by atoms with van der Waals surface area (Å²) in [6, 6.07) is 4.07. The molecule has 2 aromatic heterocycles. The predicted molar refractivity (Wildman–Crippen MR) is 78.2 cm³/mol. The van der Waals surface area contributed by atoms with Crippen LogP contribution in [0.3, 0.4) is 0 Å². The summed E-state index contributed by atoms with van der Waals surface area (Å²) < 4.78 is 37.4. The Balaban J connectivity index is 1.89. The predicted octanol–water partition coefficient (Wildman–Crippen LogP) is 3.59. The van der Waals surface area contributed by atoms with Crippen LogP contribution in [-0.2, 0) is 6.18 Å². The third kappa shape index (κ3) is 4.14. The molecule has 2 heterocycles. The van der Waals surface area contributed by atoms with E-state index in [0.29, 0.717) is 18.9 Å². The van der Waals surface area contributed by atoms with E-state index in [9.17, 15) is 13.2 Å². The number of hydrogen-bond acceptors (Lipinski definition) is 4. The van der Waals surface area contributed by atoms with E-state index in [1.54, 1.807) is 18.3 Å². The Labute approximate surface area is 129 Å². The molecule has 5 nitrogen and oxygen atoms in total. The zero-order chi connectivity index (χ0) is 16.2. The Bertz CT molecular complexity index is 648. The fraction of sp³-hybridized carbons (Fsp3) is 0.231. The average molecular weight is 331 g/mol. The van der Waals surface area contributed by atoms with E-state index in [1.807, 2.05) is 0 Å². The van der Waals surface area contributed by atoms with E-state index in [4.69, 9.17) is 17.3 Å². The lowest BCUT2D eigenvalue weighted by Gasteiger charge is -2.11. The number of hydrogen-bond donors (Lipinski definition) is 2. The maximum Gasteiger partial charge on any atom is 0.417 e. The van der Waals surface area contributed by atoms with E-state index in [-0.39, 0.29) is 16.5 Å². The lowest BCUT2D eigenvalue weighted by molar-refractivity contribution is -0.137. The first kappa shape index (κ1) is 16.2. The number of aromatic nitrogens is 2. The van der Waals surface area contributed by atoms with Crippen LogP contribution in [0.2, 0.25) is 5.02 Å². The largest absolute Gasteiger partial charge is 0.417 e. The molecule has 3 N–H and O–H groups in total. The minimum absolute atomic E-state index is 0.103. The lowest BCUT2D eigenvalue weighted by Crippen LogP contribution is -2.16. The summed E-state index contributed by atoms with van der Waals surface area (Å²) in [5.41, 5.74) is 6.96. The highest BCUT2D eigenvalue weighted by molar-refractivity contribution is 6.32. The summed E-state index contributed by atoms with van der Waals surface area (Å²) in [6.07, 6.45) is -2.19. The zero-order valence-corrected chi connectivity index (χ0v) is 12.0. The maximum absolute atomic E-state index is 12.5. The summed E-state index contributed by atoms with van der Waals surface area (Å²) in [5.74, 6) is 0.597. The van der Waals surface area contributed by atoms with Crippen molar-refractivity contribution in [3.8, 4) is 0 Å². The molecule has 2 rings (SSSR count). The summed E-state index contributed by atoms with van der Waals surface area (Å²) in [6.45, 7) is 0.760. The molecule has 0 spiro atoms. The Hall–Kier alpha value is -2.22. The second-order valence-corrected chi connectivity index (χ2v) is 4.71. The van der Waals surface area contributed by atoms with E-state index in [0.717, 1.165) is 12.3 Å². The van der Waals surface area contributed by atoms with E-state index in [2.05, 4.69) is 20.6 Å². The van der Waals surface area contributed by atoms with Crippen molar-refractivity contribution in [2.75, 3.05) is 23.7 Å². The van der Waals surface area contributed by atoms with Crippen molar-refractivity contribution in [1.82, 2.24) is 15.7 Å². The van der Waals surface area contributed by atoms with Crippen LogP contribution in [-0.4, -0.2) is 23.1 Å². The molecule has 0 atom stereocenters. The number of alkyl halides is 3. The standard InChI is InChI=1S/C13H12ClF3N5/c14-9-6-8(13(15,16)17)7-22-11(9)20-4-5-21-12-10(18)2-1-3-19-12/h1-3,6-7,18H,4-5H2,(H,19,21)(H,20,22). The van der Waals surface area contributed by atoms with E-state index < -0.39 is 11.7 Å². The molecule has 0 bridgehead atoms. The van der Waals surface area contributed by atoms with Crippen molar-refractivity contribution in [3.63, 3.8) is 0 Å². The molecule has 117 valence electrons. The highest BCUT2D eigenvalue weighted by Gasteiger charge is 2.31. The quantitative estimate of drug-likeness (QED) is 0.822. The first-order valence-corrected chi connectivity index (χ1v) is 6.63. The van der Waals surface area contributed by atoms with Gasteiger partial charge in [0.1, 0.15) is 5.82 Å². The summed E-state index contributed by atoms with van der Waals surface area (Å²) >= 11 is 5.77. The molecule has 0 unspecified atom stereocenters. The van der Waals surface area contributed by atoms with Crippen LogP contribution < -0.4 is 16.4 Å². The van der Waals surface area contributed by atoms with Gasteiger partial charge in [-0.25, -0.2) is 9.97 Å². The zero-order valence-electron chi connectivity index (χ0n) is 11.2. The highest BCUT2D eigenvalue weighted by Crippen LogP contribution is 2.32. The van der Waals surface area contributed by atoms with E-state index in [1.165, 1.54) is 0 Å². The van der Waals surface area contributed by atoms with Crippen molar-refractivity contribution in [2.24, 2.45) is 0 Å². The number of pyridine rings is 2. The van der Waals surface area contributed by atoms with Crippen molar-refractivity contribution >= 4 is 28.9 Å². The molecule has 9 heteroatoms. The fourth-order valence-electron chi connectivity index (χ4n) is 1.63. The Morgan fingerprint density at radius 2 is 1.82 bits per heavy atom. The average Bonchev–Trinajstić information content (AvgIpc) is 2.45. The third-order valence-corrected chi connectivity index (χ3v) is 2.97. The second-order valence-electron chi connectivity index (χ2n) is 4.31. The first-order valence-electron chi connectivity index (χ1n) is 6.25. The smallest absolute Gasteiger partial charge is 0.367 e. The molecule has 0 amide bonds. The molecule has 0 fully saturated rings. The molecular weight excluding hydrogens is 319 g/mol. The Kier molecular flexibility index (Phi) is 4.92. The molecule has 0 aliphatic rings. The van der Waals surface area contributed by atoms with Gasteiger partial charge < -0.3 is 10.6 Å². The van der Waals surface area contributed by atoms with E-state index >= 15 is 0 Å². The molecule has 0 aliphatic carbocycles. The summed E-state index contributed by atoms with van der Waals surface area (Å²) in [7, 11) is 0. The minimum atomic E-state index is -4.47. The Morgan fingerprint density at radius 1 is 1.14 bits per heavy atom. The summed E-state index contributed by atoms with van der Waals surface area (Å²) in [4.78, 5) is 7.65. The first-order chi connectivity index (χ1) is 10.4. The Morgan fingerprint density at radius 3 is 2.41 bits per heavy atom. The van der Waals surface area contributed by atoms with Crippen LogP contribution >= 0.6 is 11.6 Å². The van der Waals surface area contributed by atoms with Crippen LogP contribution in [0.4, 0.5) is 30.5 Å². The molecular formula is C13H12ClF3N5. The minimum Gasteiger partial charge on any atom is -0.367 e. The number of nitrogens with zero attached hydrogens (tertiary/aromatic N) is 2. The molecule has 22 heavy (non-hydrogen) atoms. The van der Waals surface area contributed by atoms with Crippen molar-refractivity contribution < 1.29 is 13.2 Å². The van der Waals surface area contributed by atoms with Crippen molar-refractivity contribution in [2.45, 2.75) is 6.18 Å². The van der Waals surface area contributed by atoms with Crippen LogP contribution in [0, 0.1) is 0 Å². The monoisotopic (exact) mass is 330 g/mol. The molecule has 0 aliphatic heterocycles. The van der Waals surface area contributed by atoms with Crippen LogP contribution in [0.25, 0.3) is 0 Å². The van der Waals surface area contributed by atoms with Crippen molar-refractivity contribution in [3.05, 3.63) is 41.2 Å². The van der Waals surface area contributed by atoms with Gasteiger partial charge >= 0.3 is 6.18 Å². The van der Waals surface area contributed by atoms with Crippen LogP contribution in [0.5, 0.6) is 0 Å². The van der Waals surface area contributed by atoms with Gasteiger partial charge in [-0.3, -0.25) is 5.73 Å². The fourth-order valence-corrected chi connectivity index (χ4v) is 1.86. The van der Waals surface area contributed by atoms with Gasteiger partial charge in [-0.1, -0.05) is 11.6 Å². The topological polar surface area (TPSA) is 73.6 Å². The number of halogens is 4. The molecule has 0 saturated carbocycles. The number of anilines is 2. The lowest BCUT2D eigenvalue weighted by atomic mass is 10.3. The van der Waals surface area contributed by atoms with Crippen molar-refractivity contribution in [1.29, 1.82) is 0 Å². The molecule has 1 radical (unpaired) electrons. The van der Waals surface area contributed by atoms with Gasteiger partial charge in [-0.2, -0.15) is 13.2 Å². The van der Waals surface area contributed by atoms with Gasteiger partial charge in [-0.15, -0.1) is 0 Å². The van der Waals surface area contributed by atoms with Gasteiger partial charge in [0.05, 0.1) is 16.3 Å². The normalized spacial score (nSPS) is 11.3. The van der Waals surface area contributed by atoms with Crippen LogP contribution in [0.15, 0.2) is 30.6 Å². The van der Waals surface area contributed by atoms with Gasteiger partial charge in [0.25, 0.3) is 0 Å². The van der Waals surface area contributed by atoms with Gasteiger partial charge in [0, 0.05) is 25.5 Å². The number of nitrogens with one attached hydrogen (secondary N) is 3. The molecule has 0 saturated heterocycles. The molecule has 0 aromatic carbocycles. The van der Waals surface area contributed by atoms with Gasteiger partial charge in [0.2, 0.25) is 0 Å². The maximum atomic E-state index is 12.5. The SMILES string of the molecule is [NH]c1cccnc1NCCNc1ncc(C(F)(F)F)cc1Cl. The second kappa shape index (κ2) is 6.69. The van der Waals surface area contributed by atoms with Gasteiger partial charge in [-0.05, 0) is 18.2 Å². The highest BCUT2D eigenvalue weighted by atomic mass is 35.5. The number of rotatable bonds is 5. The molecule has 2 aromatic rings.